The van der Waals surface area contributed by atoms with Crippen LogP contribution in [0.25, 0.3) is 0 Å². The average molecular weight is 449 g/mol. The fourth-order valence-electron chi connectivity index (χ4n) is 4.80. The Morgan fingerprint density at radius 3 is 2.56 bits per heavy atom. The molecule has 4 nitrogen and oxygen atoms in total. The van der Waals surface area contributed by atoms with Gasteiger partial charge in [0.25, 0.3) is 0 Å². The minimum absolute atomic E-state index is 0.0505. The van der Waals surface area contributed by atoms with Gasteiger partial charge >= 0.3 is 0 Å². The molecule has 32 heavy (non-hydrogen) atoms. The van der Waals surface area contributed by atoms with Gasteiger partial charge in [-0.2, -0.15) is 0 Å². The van der Waals surface area contributed by atoms with Crippen LogP contribution in [0.5, 0.6) is 0 Å². The van der Waals surface area contributed by atoms with Crippen molar-refractivity contribution < 1.29 is 12.8 Å². The van der Waals surface area contributed by atoms with Crippen molar-refractivity contribution >= 4 is 15.7 Å². The second-order valence-corrected chi connectivity index (χ2v) is 10.2. The van der Waals surface area contributed by atoms with Gasteiger partial charge in [-0.05, 0) is 65.8 Å². The van der Waals surface area contributed by atoms with Gasteiger partial charge in [0, 0.05) is 18.2 Å². The van der Waals surface area contributed by atoms with Crippen LogP contribution in [0.15, 0.2) is 89.8 Å². The molecule has 164 valence electrons. The van der Waals surface area contributed by atoms with Crippen LogP contribution in [0, 0.1) is 11.7 Å². The molecule has 1 aliphatic carbocycles. The fourth-order valence-corrected chi connectivity index (χ4v) is 5.86. The third kappa shape index (κ3) is 4.08. The number of benzene rings is 3. The number of halogens is 1. The fraction of sp³-hybridized carbons (Fsp3) is 0.231. The summed E-state index contributed by atoms with van der Waals surface area (Å²) in [6.45, 7) is 0.347. The van der Waals surface area contributed by atoms with Crippen LogP contribution in [0.2, 0.25) is 0 Å². The number of sulfonamides is 1. The minimum Gasteiger partial charge on any atom is -0.378 e. The SMILES string of the molecule is O=S(=O)(NCCc1ccccc1)c1ccc2c(c1)C1C=CCC1C(c1ccc(F)cc1)N2. The van der Waals surface area contributed by atoms with E-state index < -0.39 is 10.0 Å². The van der Waals surface area contributed by atoms with E-state index in [1.54, 1.807) is 12.1 Å². The second-order valence-electron chi connectivity index (χ2n) is 8.41. The summed E-state index contributed by atoms with van der Waals surface area (Å²) in [4.78, 5) is 0.283. The van der Waals surface area contributed by atoms with Gasteiger partial charge in [-0.1, -0.05) is 54.6 Å². The maximum absolute atomic E-state index is 13.4. The molecule has 0 bridgehead atoms. The zero-order chi connectivity index (χ0) is 22.1. The highest BCUT2D eigenvalue weighted by molar-refractivity contribution is 7.89. The van der Waals surface area contributed by atoms with Gasteiger partial charge in [0.05, 0.1) is 10.9 Å². The number of allylic oxidation sites excluding steroid dienone is 2. The predicted octanol–water partition coefficient (Wildman–Crippen LogP) is 5.17. The maximum atomic E-state index is 13.4. The van der Waals surface area contributed by atoms with Crippen LogP contribution in [-0.2, 0) is 16.4 Å². The van der Waals surface area contributed by atoms with Crippen molar-refractivity contribution in [3.05, 3.63) is 107 Å². The molecule has 0 radical (unpaired) electrons. The summed E-state index contributed by atoms with van der Waals surface area (Å²) in [6, 6.07) is 21.8. The Morgan fingerprint density at radius 1 is 1.00 bits per heavy atom. The van der Waals surface area contributed by atoms with Crippen molar-refractivity contribution in [2.45, 2.75) is 29.7 Å². The van der Waals surface area contributed by atoms with E-state index in [2.05, 4.69) is 22.2 Å². The van der Waals surface area contributed by atoms with E-state index in [1.807, 2.05) is 48.5 Å². The van der Waals surface area contributed by atoms with Crippen LogP contribution in [-0.4, -0.2) is 15.0 Å². The molecule has 6 heteroatoms. The van der Waals surface area contributed by atoms with E-state index in [0.717, 1.165) is 28.8 Å². The van der Waals surface area contributed by atoms with Crippen LogP contribution in [0.1, 0.15) is 35.1 Å². The van der Waals surface area contributed by atoms with Crippen LogP contribution in [0.4, 0.5) is 10.1 Å². The molecule has 3 unspecified atom stereocenters. The Hall–Kier alpha value is -2.96. The highest BCUT2D eigenvalue weighted by atomic mass is 32.2. The monoisotopic (exact) mass is 448 g/mol. The van der Waals surface area contributed by atoms with Gasteiger partial charge in [0.2, 0.25) is 10.0 Å². The quantitative estimate of drug-likeness (QED) is 0.511. The van der Waals surface area contributed by atoms with Crippen molar-refractivity contribution in [1.82, 2.24) is 4.72 Å². The smallest absolute Gasteiger partial charge is 0.240 e. The highest BCUT2D eigenvalue weighted by Gasteiger charge is 2.38. The van der Waals surface area contributed by atoms with Gasteiger partial charge < -0.3 is 5.32 Å². The summed E-state index contributed by atoms with van der Waals surface area (Å²) >= 11 is 0. The molecular weight excluding hydrogens is 423 g/mol. The lowest BCUT2D eigenvalue weighted by atomic mass is 9.77. The minimum atomic E-state index is -3.61. The molecular formula is C26H25FN2O2S. The van der Waals surface area contributed by atoms with Crippen molar-refractivity contribution in [2.24, 2.45) is 5.92 Å². The van der Waals surface area contributed by atoms with Gasteiger partial charge in [-0.3, -0.25) is 0 Å². The Morgan fingerprint density at radius 2 is 1.78 bits per heavy atom. The van der Waals surface area contributed by atoms with Crippen LogP contribution >= 0.6 is 0 Å². The topological polar surface area (TPSA) is 58.2 Å². The van der Waals surface area contributed by atoms with Gasteiger partial charge in [0.15, 0.2) is 0 Å². The molecule has 5 rings (SSSR count). The first-order valence-electron chi connectivity index (χ1n) is 10.9. The first-order valence-corrected chi connectivity index (χ1v) is 12.4. The summed E-state index contributed by atoms with van der Waals surface area (Å²) < 4.78 is 42.0. The van der Waals surface area contributed by atoms with E-state index >= 15 is 0 Å². The largest absolute Gasteiger partial charge is 0.378 e. The van der Waals surface area contributed by atoms with Gasteiger partial charge in [0.1, 0.15) is 5.82 Å². The molecule has 0 saturated carbocycles. The normalized spacial score (nSPS) is 21.6. The summed E-state index contributed by atoms with van der Waals surface area (Å²) in [5.74, 6) is 0.137. The molecule has 3 atom stereocenters. The zero-order valence-electron chi connectivity index (χ0n) is 17.5. The lowest BCUT2D eigenvalue weighted by Gasteiger charge is -2.37. The van der Waals surface area contributed by atoms with Crippen molar-refractivity contribution in [2.75, 3.05) is 11.9 Å². The van der Waals surface area contributed by atoms with Crippen LogP contribution in [0.3, 0.4) is 0 Å². The van der Waals surface area contributed by atoms with E-state index in [-0.39, 0.29) is 28.6 Å². The molecule has 2 aliphatic rings. The Balaban J connectivity index is 1.38. The molecule has 3 aromatic carbocycles. The first-order chi connectivity index (χ1) is 15.5. The van der Waals surface area contributed by atoms with E-state index in [9.17, 15) is 12.8 Å². The number of nitrogens with one attached hydrogen (secondary N) is 2. The molecule has 0 fully saturated rings. The highest BCUT2D eigenvalue weighted by Crippen LogP contribution is 2.50. The van der Waals surface area contributed by atoms with Crippen LogP contribution < -0.4 is 10.0 Å². The standard InChI is InChI=1S/C26H25FN2O2S/c27-20-11-9-19(10-12-20)26-23-8-4-7-22(23)24-17-21(13-14-25(24)29-26)32(30,31)28-16-15-18-5-2-1-3-6-18/h1-7,9-14,17,22-23,26,28-29H,8,15-16H2. The summed E-state index contributed by atoms with van der Waals surface area (Å²) in [5.41, 5.74) is 4.05. The molecule has 1 aliphatic heterocycles. The molecule has 0 amide bonds. The van der Waals surface area contributed by atoms with Crippen molar-refractivity contribution in [3.63, 3.8) is 0 Å². The summed E-state index contributed by atoms with van der Waals surface area (Å²) in [6.07, 6.45) is 5.85. The lowest BCUT2D eigenvalue weighted by Crippen LogP contribution is -2.30. The molecule has 3 aromatic rings. The Bertz CT molecular complexity index is 1240. The predicted molar refractivity (Wildman–Crippen MR) is 125 cm³/mol. The average Bonchev–Trinajstić information content (AvgIpc) is 3.30. The number of hydrogen-bond donors (Lipinski definition) is 2. The third-order valence-corrected chi connectivity index (χ3v) is 7.88. The number of rotatable bonds is 6. The van der Waals surface area contributed by atoms with Crippen molar-refractivity contribution in [3.8, 4) is 0 Å². The zero-order valence-corrected chi connectivity index (χ0v) is 18.4. The van der Waals surface area contributed by atoms with Gasteiger partial charge in [-0.25, -0.2) is 17.5 Å². The number of anilines is 1. The summed E-state index contributed by atoms with van der Waals surface area (Å²) in [7, 11) is -3.61. The molecule has 0 saturated heterocycles. The molecule has 0 aromatic heterocycles. The van der Waals surface area contributed by atoms with E-state index in [0.29, 0.717) is 13.0 Å². The Labute approximate surface area is 188 Å². The molecule has 1 heterocycles. The number of fused-ring (bicyclic) bond motifs is 3. The van der Waals surface area contributed by atoms with E-state index in [4.69, 9.17) is 0 Å². The molecule has 2 N–H and O–H groups in total. The molecule has 0 spiro atoms. The van der Waals surface area contributed by atoms with Gasteiger partial charge in [-0.15, -0.1) is 0 Å². The Kier molecular flexibility index (Phi) is 5.57. The maximum Gasteiger partial charge on any atom is 0.240 e. The lowest BCUT2D eigenvalue weighted by molar-refractivity contribution is 0.424. The second kappa shape index (κ2) is 8.52. The third-order valence-electron chi connectivity index (χ3n) is 6.42. The number of hydrogen-bond acceptors (Lipinski definition) is 3. The van der Waals surface area contributed by atoms with Crippen molar-refractivity contribution in [1.29, 1.82) is 0 Å². The summed E-state index contributed by atoms with van der Waals surface area (Å²) in [5, 5.41) is 3.57. The van der Waals surface area contributed by atoms with E-state index in [1.165, 1.54) is 12.1 Å². The first kappa shape index (κ1) is 20.9.